The number of benzene rings is 6. The van der Waals surface area contributed by atoms with Gasteiger partial charge in [0.15, 0.2) is 0 Å². The van der Waals surface area contributed by atoms with Crippen molar-refractivity contribution in [3.05, 3.63) is 170 Å². The number of rotatable bonds is 8. The molecule has 6 rings (SSSR count). The summed E-state index contributed by atoms with van der Waals surface area (Å²) in [5, 5.41) is 3.22. The summed E-state index contributed by atoms with van der Waals surface area (Å²) in [5.74, 6) is 0. The molecule has 0 fully saturated rings. The van der Waals surface area contributed by atoms with Crippen LogP contribution in [-0.2, 0) is 0 Å². The molecule has 0 aliphatic heterocycles. The zero-order valence-electron chi connectivity index (χ0n) is 29.6. The van der Waals surface area contributed by atoms with Crippen LogP contribution in [0.25, 0.3) is 0 Å². The molecule has 0 bridgehead atoms. The van der Waals surface area contributed by atoms with Gasteiger partial charge in [0.1, 0.15) is 6.15 Å². The number of nitrogens with zero attached hydrogens (tertiary/aromatic N) is 2. The Morgan fingerprint density at radius 3 is 0.833 bits per heavy atom. The third kappa shape index (κ3) is 7.75. The van der Waals surface area contributed by atoms with Crippen molar-refractivity contribution in [2.45, 2.75) is 25.9 Å². The van der Waals surface area contributed by atoms with E-state index in [0.29, 0.717) is 0 Å². The van der Waals surface area contributed by atoms with Gasteiger partial charge in [0.05, 0.1) is 23.7 Å². The Morgan fingerprint density at radius 1 is 0.375 bits per heavy atom. The Hall–Kier alpha value is -4.59. The van der Waals surface area contributed by atoms with Gasteiger partial charge >= 0.3 is 0 Å². The maximum absolute atomic E-state index is 2.36. The standard InChI is InChI=1S/C24H20B.C20H29N2P/c1-5-13-21(14-6-1)25(22-15-7-2-8-16-22,23-17-9-3-10-18-23)24-19-11-4-12-20-24;1-20(2,3)23(18-12-8-16(9-13-18)21(4)5)19-14-10-17(11-15-19)22(6)7/h1-20H;8-15H,1-7H3/q-1;/p+1. The highest BCUT2D eigenvalue weighted by Crippen LogP contribution is 2.47. The van der Waals surface area contributed by atoms with E-state index in [1.165, 1.54) is 43.8 Å². The molecule has 0 saturated heterocycles. The number of anilines is 2. The van der Waals surface area contributed by atoms with Crippen LogP contribution in [0, 0.1) is 0 Å². The molecular formula is C44H50BN2P. The van der Waals surface area contributed by atoms with Gasteiger partial charge in [-0.05, 0) is 69.3 Å². The van der Waals surface area contributed by atoms with Crippen LogP contribution < -0.4 is 42.3 Å². The van der Waals surface area contributed by atoms with Gasteiger partial charge in [-0.1, -0.05) is 121 Å². The molecule has 0 spiro atoms. The molecule has 0 aromatic heterocycles. The molecule has 244 valence electrons. The van der Waals surface area contributed by atoms with E-state index in [9.17, 15) is 0 Å². The normalized spacial score (nSPS) is 11.4. The molecule has 48 heavy (non-hydrogen) atoms. The van der Waals surface area contributed by atoms with Gasteiger partial charge in [-0.15, -0.1) is 0 Å². The molecule has 6 aromatic carbocycles. The van der Waals surface area contributed by atoms with Crippen molar-refractivity contribution in [1.29, 1.82) is 0 Å². The molecule has 0 N–H and O–H groups in total. The summed E-state index contributed by atoms with van der Waals surface area (Å²) in [6.45, 7) is 7.09. The summed E-state index contributed by atoms with van der Waals surface area (Å²) in [5.41, 5.74) is 7.87. The predicted molar refractivity (Wildman–Crippen MR) is 219 cm³/mol. The van der Waals surface area contributed by atoms with Crippen molar-refractivity contribution in [2.75, 3.05) is 38.0 Å². The van der Waals surface area contributed by atoms with Crippen LogP contribution in [0.2, 0.25) is 0 Å². The first-order chi connectivity index (χ1) is 23.1. The highest BCUT2D eigenvalue weighted by Gasteiger charge is 2.36. The second-order valence-corrected chi connectivity index (χ2v) is 17.4. The van der Waals surface area contributed by atoms with Crippen molar-refractivity contribution in [2.24, 2.45) is 0 Å². The zero-order valence-corrected chi connectivity index (χ0v) is 30.6. The molecule has 0 radical (unpaired) electrons. The first-order valence-corrected chi connectivity index (χ1v) is 18.4. The molecule has 2 nitrogen and oxygen atoms in total. The summed E-state index contributed by atoms with van der Waals surface area (Å²) in [7, 11) is 7.52. The van der Waals surface area contributed by atoms with Crippen molar-refractivity contribution >= 4 is 57.9 Å². The van der Waals surface area contributed by atoms with E-state index < -0.39 is 14.1 Å². The predicted octanol–water partition coefficient (Wildman–Crippen LogP) is 6.85. The molecule has 0 unspecified atom stereocenters. The number of hydrogen-bond donors (Lipinski definition) is 0. The smallest absolute Gasteiger partial charge is 0.108 e. The lowest BCUT2D eigenvalue weighted by Gasteiger charge is -2.44. The summed E-state index contributed by atoms with van der Waals surface area (Å²) in [6.07, 6.45) is -1.22. The molecule has 0 saturated carbocycles. The quantitative estimate of drug-likeness (QED) is 0.132. The molecule has 0 aliphatic rings. The fourth-order valence-electron chi connectivity index (χ4n) is 7.01. The molecular weight excluding hydrogens is 598 g/mol. The van der Waals surface area contributed by atoms with E-state index in [0.717, 1.165) is 0 Å². The maximum Gasteiger partial charge on any atom is 0.108 e. The third-order valence-corrected chi connectivity index (χ3v) is 12.6. The Bertz CT molecular complexity index is 1600. The molecule has 0 heterocycles. The third-order valence-electron chi connectivity index (χ3n) is 9.29. The van der Waals surface area contributed by atoms with E-state index in [2.05, 4.69) is 229 Å². The first-order valence-electron chi connectivity index (χ1n) is 16.9. The second kappa shape index (κ2) is 15.5. The van der Waals surface area contributed by atoms with Crippen molar-refractivity contribution in [3.63, 3.8) is 0 Å². The second-order valence-electron chi connectivity index (χ2n) is 14.0. The topological polar surface area (TPSA) is 6.48 Å². The van der Waals surface area contributed by atoms with Crippen LogP contribution in [0.1, 0.15) is 20.8 Å². The van der Waals surface area contributed by atoms with E-state index in [-0.39, 0.29) is 5.16 Å². The average Bonchev–Trinajstić information content (AvgIpc) is 3.11. The highest BCUT2D eigenvalue weighted by atomic mass is 31.1. The van der Waals surface area contributed by atoms with Gasteiger partial charge in [0.25, 0.3) is 0 Å². The van der Waals surface area contributed by atoms with Gasteiger partial charge in [-0.2, -0.15) is 21.9 Å². The van der Waals surface area contributed by atoms with Crippen LogP contribution in [0.5, 0.6) is 0 Å². The molecule has 0 aliphatic carbocycles. The lowest BCUT2D eigenvalue weighted by atomic mass is 9.13. The Balaban J connectivity index is 0.000000189. The Kier molecular flexibility index (Phi) is 11.2. The number of hydrogen-bond acceptors (Lipinski definition) is 2. The maximum atomic E-state index is 2.36. The fraction of sp³-hybridized carbons (Fsp3) is 0.182. The van der Waals surface area contributed by atoms with Crippen LogP contribution >= 0.6 is 7.92 Å². The largest absolute Gasteiger partial charge is 0.378 e. The molecule has 0 amide bonds. The summed E-state index contributed by atoms with van der Waals surface area (Å²) in [4.78, 5) is 4.30. The average molecular weight is 649 g/mol. The SMILES string of the molecule is CN(C)c1ccc([PH+](c2ccc(N(C)C)cc2)C(C)(C)C)cc1.c1ccc([B-](c2ccccc2)(c2ccccc2)c2ccccc2)cc1. The monoisotopic (exact) mass is 648 g/mol. The summed E-state index contributed by atoms with van der Waals surface area (Å²) < 4.78 is 0. The Labute approximate surface area is 290 Å². The van der Waals surface area contributed by atoms with Gasteiger partial charge in [-0.3, -0.25) is 0 Å². The minimum atomic E-state index is -1.22. The molecule has 6 aromatic rings. The Morgan fingerprint density at radius 2 is 0.625 bits per heavy atom. The molecule has 4 heteroatoms. The minimum absolute atomic E-state index is 0.268. The molecule has 0 atom stereocenters. The lowest BCUT2D eigenvalue weighted by Crippen LogP contribution is -2.74. The van der Waals surface area contributed by atoms with Crippen molar-refractivity contribution < 1.29 is 0 Å². The summed E-state index contributed by atoms with van der Waals surface area (Å²) in [6, 6.07) is 61.7. The van der Waals surface area contributed by atoms with Crippen LogP contribution in [-0.4, -0.2) is 39.5 Å². The van der Waals surface area contributed by atoms with Crippen LogP contribution in [0.4, 0.5) is 11.4 Å². The van der Waals surface area contributed by atoms with Gasteiger partial charge < -0.3 is 9.80 Å². The highest BCUT2D eigenvalue weighted by molar-refractivity contribution is 7.74. The van der Waals surface area contributed by atoms with E-state index >= 15 is 0 Å². The van der Waals surface area contributed by atoms with E-state index in [1.807, 2.05) is 0 Å². The first kappa shape index (κ1) is 34.7. The van der Waals surface area contributed by atoms with Gasteiger partial charge in [-0.25, -0.2) is 0 Å². The minimum Gasteiger partial charge on any atom is -0.378 e. The van der Waals surface area contributed by atoms with Gasteiger partial charge in [0.2, 0.25) is 0 Å². The van der Waals surface area contributed by atoms with Gasteiger partial charge in [0, 0.05) is 39.6 Å². The lowest BCUT2D eigenvalue weighted by molar-refractivity contribution is 0.793. The fourth-order valence-corrected chi connectivity index (χ4v) is 10.1. The van der Waals surface area contributed by atoms with E-state index in [1.54, 1.807) is 0 Å². The van der Waals surface area contributed by atoms with Crippen molar-refractivity contribution in [3.8, 4) is 0 Å². The zero-order chi connectivity index (χ0) is 34.1. The van der Waals surface area contributed by atoms with E-state index in [4.69, 9.17) is 0 Å². The summed E-state index contributed by atoms with van der Waals surface area (Å²) >= 11 is 0. The van der Waals surface area contributed by atoms with Crippen LogP contribution in [0.3, 0.4) is 0 Å². The van der Waals surface area contributed by atoms with Crippen LogP contribution in [0.15, 0.2) is 170 Å². The van der Waals surface area contributed by atoms with Crippen molar-refractivity contribution in [1.82, 2.24) is 0 Å².